The van der Waals surface area contributed by atoms with Gasteiger partial charge in [0.2, 0.25) is 0 Å². The summed E-state index contributed by atoms with van der Waals surface area (Å²) in [6.07, 6.45) is 3.07. The molecule has 2 aromatic carbocycles. The van der Waals surface area contributed by atoms with Gasteiger partial charge in [-0.15, -0.1) is 0 Å². The summed E-state index contributed by atoms with van der Waals surface area (Å²) < 4.78 is 0. The van der Waals surface area contributed by atoms with Gasteiger partial charge in [0.1, 0.15) is 0 Å². The first-order valence-corrected chi connectivity index (χ1v) is 15.1. The first kappa shape index (κ1) is 27.9. The number of nitrogens with zero attached hydrogens (tertiary/aromatic N) is 4. The second-order valence-corrected chi connectivity index (χ2v) is 13.3. The maximum atomic E-state index is 13.4. The zero-order valence-corrected chi connectivity index (χ0v) is 24.7. The molecule has 8 nitrogen and oxygen atoms in total. The van der Waals surface area contributed by atoms with Gasteiger partial charge < -0.3 is 15.7 Å². The number of aliphatic imine (C=N–C) groups is 1. The third kappa shape index (κ3) is 4.75. The van der Waals surface area contributed by atoms with E-state index in [4.69, 9.17) is 5.73 Å². The zero-order chi connectivity index (χ0) is 29.1. The molecule has 2 bridgehead atoms. The van der Waals surface area contributed by atoms with Crippen LogP contribution in [0, 0.1) is 23.2 Å². The van der Waals surface area contributed by atoms with Crippen LogP contribution in [-0.4, -0.2) is 81.9 Å². The van der Waals surface area contributed by atoms with Crippen molar-refractivity contribution in [3.8, 4) is 0 Å². The van der Waals surface area contributed by atoms with E-state index < -0.39 is 11.9 Å². The predicted octanol–water partition coefficient (Wildman–Crippen LogP) is 3.91. The van der Waals surface area contributed by atoms with Crippen LogP contribution in [-0.2, 0) is 6.42 Å². The van der Waals surface area contributed by atoms with Gasteiger partial charge in [0, 0.05) is 31.7 Å². The Bertz CT molecular complexity index is 1360. The van der Waals surface area contributed by atoms with E-state index in [0.717, 1.165) is 37.0 Å². The zero-order valence-electron chi connectivity index (χ0n) is 24.7. The number of benzene rings is 2. The van der Waals surface area contributed by atoms with E-state index in [2.05, 4.69) is 42.5 Å². The van der Waals surface area contributed by atoms with E-state index >= 15 is 0 Å². The highest BCUT2D eigenvalue weighted by molar-refractivity contribution is 6.22. The first-order chi connectivity index (χ1) is 19.6. The van der Waals surface area contributed by atoms with Crippen LogP contribution in [0.2, 0.25) is 0 Å². The second kappa shape index (κ2) is 10.6. The summed E-state index contributed by atoms with van der Waals surface area (Å²) in [7, 11) is 0. The normalized spacial score (nSPS) is 30.3. The van der Waals surface area contributed by atoms with E-state index in [1.807, 2.05) is 30.3 Å². The number of aliphatic hydroxyl groups is 1. The Kier molecular flexibility index (Phi) is 7.19. The van der Waals surface area contributed by atoms with Gasteiger partial charge in [-0.05, 0) is 73.1 Å². The standard InChI is InChI=1S/C33H43N5O3/c1-20-18-36(12-13-37(20)29-16-23-15-28(21(29)2)33(23,3)4)32(34)35-24-10-11-26-27(17-24)31(41)38(30(26)40)25(19-39)14-22-8-6-5-7-9-22/h5-11,17,20-21,23,25,28-29,39H,12-16,18-19H2,1-4H3,(H2,34,35)/t20-,21+,23-,25-,28-,29-/m0/s1. The Morgan fingerprint density at radius 2 is 1.78 bits per heavy atom. The highest BCUT2D eigenvalue weighted by Crippen LogP contribution is 2.62. The molecule has 3 aliphatic carbocycles. The summed E-state index contributed by atoms with van der Waals surface area (Å²) in [4.78, 5) is 37.2. The predicted molar refractivity (Wildman–Crippen MR) is 160 cm³/mol. The van der Waals surface area contributed by atoms with Gasteiger partial charge in [-0.1, -0.05) is 51.1 Å². The third-order valence-corrected chi connectivity index (χ3v) is 10.8. The Hall–Kier alpha value is -3.23. The molecule has 0 aromatic heterocycles. The molecule has 6 atom stereocenters. The number of fused-ring (bicyclic) bond motifs is 3. The number of rotatable bonds is 6. The number of piperazine rings is 1. The molecule has 8 heteroatoms. The Morgan fingerprint density at radius 3 is 2.44 bits per heavy atom. The van der Waals surface area contributed by atoms with Gasteiger partial charge in [-0.2, -0.15) is 0 Å². The van der Waals surface area contributed by atoms with Crippen LogP contribution in [0.5, 0.6) is 0 Å². The Balaban J connectivity index is 1.13. The van der Waals surface area contributed by atoms with E-state index in [9.17, 15) is 14.7 Å². The molecule has 3 N–H and O–H groups in total. The summed E-state index contributed by atoms with van der Waals surface area (Å²) in [5.74, 6) is 2.01. The number of amides is 2. The van der Waals surface area contributed by atoms with E-state index in [-0.39, 0.29) is 12.5 Å². The van der Waals surface area contributed by atoms with Gasteiger partial charge in [-0.25, -0.2) is 4.99 Å². The van der Waals surface area contributed by atoms with Crippen molar-refractivity contribution in [1.29, 1.82) is 0 Å². The van der Waals surface area contributed by atoms with E-state index in [1.54, 1.807) is 18.2 Å². The van der Waals surface area contributed by atoms with Crippen LogP contribution in [0.25, 0.3) is 0 Å². The molecular formula is C33H43N5O3. The van der Waals surface area contributed by atoms with Crippen molar-refractivity contribution < 1.29 is 14.7 Å². The molecule has 2 amide bonds. The van der Waals surface area contributed by atoms with Crippen LogP contribution in [0.15, 0.2) is 53.5 Å². The van der Waals surface area contributed by atoms with Crippen LogP contribution in [0.3, 0.4) is 0 Å². The van der Waals surface area contributed by atoms with Crippen LogP contribution in [0.1, 0.15) is 66.8 Å². The largest absolute Gasteiger partial charge is 0.394 e. The number of nitrogens with two attached hydrogens (primary N) is 1. The summed E-state index contributed by atoms with van der Waals surface area (Å²) in [6.45, 7) is 11.9. The number of hydrogen-bond donors (Lipinski definition) is 2. The van der Waals surface area contributed by atoms with Crippen molar-refractivity contribution in [3.05, 3.63) is 65.2 Å². The number of carbonyl (C=O) groups is 2. The maximum Gasteiger partial charge on any atom is 0.261 e. The fourth-order valence-corrected chi connectivity index (χ4v) is 8.21. The molecule has 2 aromatic rings. The van der Waals surface area contributed by atoms with Gasteiger partial charge in [0.15, 0.2) is 5.96 Å². The van der Waals surface area contributed by atoms with Crippen molar-refractivity contribution in [2.24, 2.45) is 33.9 Å². The molecule has 218 valence electrons. The molecule has 0 unspecified atom stereocenters. The minimum atomic E-state index is -0.636. The average molecular weight is 558 g/mol. The van der Waals surface area contributed by atoms with Gasteiger partial charge >= 0.3 is 0 Å². The van der Waals surface area contributed by atoms with Crippen LogP contribution >= 0.6 is 0 Å². The van der Waals surface area contributed by atoms with Gasteiger partial charge in [0.25, 0.3) is 11.8 Å². The molecule has 5 aliphatic rings. The van der Waals surface area contributed by atoms with Crippen molar-refractivity contribution in [2.75, 3.05) is 26.2 Å². The quantitative estimate of drug-likeness (QED) is 0.317. The molecule has 2 aliphatic heterocycles. The smallest absolute Gasteiger partial charge is 0.261 e. The molecule has 4 fully saturated rings. The number of aliphatic hydroxyl groups excluding tert-OH is 1. The van der Waals surface area contributed by atoms with Crippen molar-refractivity contribution in [2.45, 2.75) is 65.1 Å². The Labute approximate surface area is 243 Å². The number of guanidine groups is 1. The lowest BCUT2D eigenvalue weighted by molar-refractivity contribution is -0.147. The lowest BCUT2D eigenvalue weighted by atomic mass is 9.44. The SMILES string of the molecule is C[C@H]1[C@@H](N2CCN(C(N)=Nc3ccc4c(c3)C(=O)N([C@H](CO)Cc3ccccc3)C4=O)C[C@@H]2C)C[C@@H]2C[C@@H]1C2(C)C. The molecule has 0 spiro atoms. The molecular weight excluding hydrogens is 514 g/mol. The lowest BCUT2D eigenvalue weighted by Gasteiger charge is -2.64. The van der Waals surface area contributed by atoms with Crippen molar-refractivity contribution in [3.63, 3.8) is 0 Å². The number of carbonyl (C=O) groups excluding carboxylic acids is 2. The van der Waals surface area contributed by atoms with Gasteiger partial charge in [-0.3, -0.25) is 19.4 Å². The first-order valence-electron chi connectivity index (χ1n) is 15.1. The van der Waals surface area contributed by atoms with E-state index in [1.165, 1.54) is 17.7 Å². The second-order valence-electron chi connectivity index (χ2n) is 13.3. The van der Waals surface area contributed by atoms with Crippen molar-refractivity contribution in [1.82, 2.24) is 14.7 Å². The lowest BCUT2D eigenvalue weighted by Crippen LogP contribution is -2.65. The minimum Gasteiger partial charge on any atom is -0.394 e. The Morgan fingerprint density at radius 1 is 1.05 bits per heavy atom. The molecule has 0 radical (unpaired) electrons. The average Bonchev–Trinajstić information content (AvgIpc) is 3.21. The maximum absolute atomic E-state index is 13.4. The topological polar surface area (TPSA) is 102 Å². The molecule has 2 heterocycles. The number of imide groups is 1. The molecule has 7 rings (SSSR count). The number of hydrogen-bond acceptors (Lipinski definition) is 5. The third-order valence-electron chi connectivity index (χ3n) is 10.8. The highest BCUT2D eigenvalue weighted by Gasteiger charge is 2.57. The van der Waals surface area contributed by atoms with Crippen molar-refractivity contribution >= 4 is 23.5 Å². The monoisotopic (exact) mass is 557 g/mol. The van der Waals surface area contributed by atoms with Crippen LogP contribution < -0.4 is 5.73 Å². The highest BCUT2D eigenvalue weighted by atomic mass is 16.3. The van der Waals surface area contributed by atoms with Crippen LogP contribution in [0.4, 0.5) is 5.69 Å². The van der Waals surface area contributed by atoms with Gasteiger partial charge in [0.05, 0.1) is 29.5 Å². The summed E-state index contributed by atoms with van der Waals surface area (Å²) in [6, 6.07) is 15.0. The molecule has 3 saturated carbocycles. The fraction of sp³-hybridized carbons (Fsp3) is 0.545. The van der Waals surface area contributed by atoms with E-state index in [0.29, 0.717) is 52.6 Å². The molecule has 41 heavy (non-hydrogen) atoms. The summed E-state index contributed by atoms with van der Waals surface area (Å²) in [5, 5.41) is 10.1. The summed E-state index contributed by atoms with van der Waals surface area (Å²) >= 11 is 0. The summed E-state index contributed by atoms with van der Waals surface area (Å²) in [5.41, 5.74) is 9.14. The molecule has 1 saturated heterocycles. The minimum absolute atomic E-state index is 0.304. The fourth-order valence-electron chi connectivity index (χ4n) is 8.21.